The van der Waals surface area contributed by atoms with Gasteiger partial charge in [-0.2, -0.15) is 5.10 Å². The van der Waals surface area contributed by atoms with E-state index in [-0.39, 0.29) is 36.2 Å². The van der Waals surface area contributed by atoms with Crippen molar-refractivity contribution in [2.75, 3.05) is 0 Å². The SMILES string of the molecule is NC(=O)c1ccc(CN2N=C(C(=O)O)CCC2=O)c(F)c1. The maximum Gasteiger partial charge on any atom is 0.352 e. The number of rotatable bonds is 4. The quantitative estimate of drug-likeness (QED) is 0.840. The van der Waals surface area contributed by atoms with Crippen LogP contribution in [0.3, 0.4) is 0 Å². The first-order valence-electron chi connectivity index (χ1n) is 6.08. The molecule has 0 aliphatic carbocycles. The summed E-state index contributed by atoms with van der Waals surface area (Å²) in [6.07, 6.45) is 0.0554. The normalized spacial score (nSPS) is 14.8. The molecule has 0 aromatic heterocycles. The zero-order valence-corrected chi connectivity index (χ0v) is 10.9. The van der Waals surface area contributed by atoms with Gasteiger partial charge in [0.25, 0.3) is 0 Å². The van der Waals surface area contributed by atoms with E-state index in [9.17, 15) is 18.8 Å². The third kappa shape index (κ3) is 3.22. The van der Waals surface area contributed by atoms with E-state index in [4.69, 9.17) is 10.8 Å². The molecule has 0 saturated carbocycles. The van der Waals surface area contributed by atoms with Crippen molar-refractivity contribution in [3.05, 3.63) is 35.1 Å². The molecule has 0 unspecified atom stereocenters. The van der Waals surface area contributed by atoms with E-state index in [2.05, 4.69) is 5.10 Å². The number of aliphatic carboxylic acids is 1. The van der Waals surface area contributed by atoms with E-state index in [1.165, 1.54) is 12.1 Å². The Labute approximate surface area is 118 Å². The van der Waals surface area contributed by atoms with Gasteiger partial charge >= 0.3 is 5.97 Å². The fraction of sp³-hybridized carbons (Fsp3) is 0.231. The van der Waals surface area contributed by atoms with Gasteiger partial charge in [-0.1, -0.05) is 6.07 Å². The summed E-state index contributed by atoms with van der Waals surface area (Å²) in [5.74, 6) is -3.08. The molecule has 0 fully saturated rings. The lowest BCUT2D eigenvalue weighted by Crippen LogP contribution is -2.34. The van der Waals surface area contributed by atoms with E-state index < -0.39 is 23.6 Å². The Morgan fingerprint density at radius 1 is 1.38 bits per heavy atom. The third-order valence-corrected chi connectivity index (χ3v) is 3.01. The second kappa shape index (κ2) is 5.70. The van der Waals surface area contributed by atoms with Crippen molar-refractivity contribution in [1.82, 2.24) is 5.01 Å². The number of carbonyl (C=O) groups is 3. The van der Waals surface area contributed by atoms with Crippen LogP contribution in [0, 0.1) is 5.82 Å². The first-order valence-corrected chi connectivity index (χ1v) is 6.08. The smallest absolute Gasteiger partial charge is 0.352 e. The average Bonchev–Trinajstić information content (AvgIpc) is 2.42. The molecule has 110 valence electrons. The molecule has 7 nitrogen and oxygen atoms in total. The number of carbonyl (C=O) groups excluding carboxylic acids is 2. The van der Waals surface area contributed by atoms with Gasteiger partial charge in [-0.3, -0.25) is 9.59 Å². The number of primary amides is 1. The van der Waals surface area contributed by atoms with Crippen LogP contribution in [0.5, 0.6) is 0 Å². The lowest BCUT2D eigenvalue weighted by Gasteiger charge is -2.22. The van der Waals surface area contributed by atoms with Crippen LogP contribution in [0.25, 0.3) is 0 Å². The van der Waals surface area contributed by atoms with Crippen LogP contribution in [-0.4, -0.2) is 33.6 Å². The van der Waals surface area contributed by atoms with Crippen LogP contribution >= 0.6 is 0 Å². The summed E-state index contributed by atoms with van der Waals surface area (Å²) in [5.41, 5.74) is 5.01. The Bertz CT molecular complexity index is 657. The van der Waals surface area contributed by atoms with Crippen LogP contribution in [0.1, 0.15) is 28.8 Å². The first kappa shape index (κ1) is 14.6. The fourth-order valence-electron chi connectivity index (χ4n) is 1.87. The second-order valence-electron chi connectivity index (χ2n) is 4.47. The van der Waals surface area contributed by atoms with Gasteiger partial charge in [0, 0.05) is 24.0 Å². The van der Waals surface area contributed by atoms with Gasteiger partial charge in [0.2, 0.25) is 11.8 Å². The van der Waals surface area contributed by atoms with E-state index >= 15 is 0 Å². The number of hydrogen-bond acceptors (Lipinski definition) is 4. The van der Waals surface area contributed by atoms with Gasteiger partial charge in [-0.15, -0.1) is 0 Å². The monoisotopic (exact) mass is 293 g/mol. The lowest BCUT2D eigenvalue weighted by atomic mass is 10.1. The molecule has 1 aliphatic rings. The highest BCUT2D eigenvalue weighted by atomic mass is 19.1. The van der Waals surface area contributed by atoms with Gasteiger partial charge < -0.3 is 10.8 Å². The molecule has 0 radical (unpaired) electrons. The zero-order chi connectivity index (χ0) is 15.6. The molecule has 0 atom stereocenters. The van der Waals surface area contributed by atoms with Gasteiger partial charge in [0.15, 0.2) is 0 Å². The summed E-state index contributed by atoms with van der Waals surface area (Å²) in [7, 11) is 0. The first-order chi connectivity index (χ1) is 9.88. The van der Waals surface area contributed by atoms with Crippen LogP contribution in [-0.2, 0) is 16.1 Å². The van der Waals surface area contributed by atoms with E-state index in [0.29, 0.717) is 0 Å². The highest BCUT2D eigenvalue weighted by Crippen LogP contribution is 2.17. The molecular formula is C13H12FN3O4. The number of nitrogens with two attached hydrogens (primary N) is 1. The Kier molecular flexibility index (Phi) is 3.97. The predicted octanol–water partition coefficient (Wildman–Crippen LogP) is 0.488. The summed E-state index contributed by atoms with van der Waals surface area (Å²) in [6, 6.07) is 3.61. The lowest BCUT2D eigenvalue weighted by molar-refractivity contribution is -0.133. The van der Waals surface area contributed by atoms with Gasteiger partial charge in [-0.25, -0.2) is 14.2 Å². The van der Waals surface area contributed by atoms with Crippen molar-refractivity contribution in [3.63, 3.8) is 0 Å². The van der Waals surface area contributed by atoms with E-state index in [0.717, 1.165) is 11.1 Å². The Morgan fingerprint density at radius 3 is 2.67 bits per heavy atom. The van der Waals surface area contributed by atoms with E-state index in [1.54, 1.807) is 0 Å². The van der Waals surface area contributed by atoms with Gasteiger partial charge in [0.05, 0.1) is 6.54 Å². The number of carboxylic acids is 1. The number of nitrogens with zero attached hydrogens (tertiary/aromatic N) is 2. The average molecular weight is 293 g/mol. The molecule has 1 aromatic carbocycles. The number of carboxylic acid groups (broad SMARTS) is 1. The van der Waals surface area contributed by atoms with Crippen LogP contribution in [0.4, 0.5) is 4.39 Å². The van der Waals surface area contributed by atoms with Crippen molar-refractivity contribution in [3.8, 4) is 0 Å². The van der Waals surface area contributed by atoms with Crippen molar-refractivity contribution < 1.29 is 23.9 Å². The molecule has 0 bridgehead atoms. The number of halogens is 1. The van der Waals surface area contributed by atoms with Crippen LogP contribution in [0.15, 0.2) is 23.3 Å². The molecule has 2 amide bonds. The molecule has 2 rings (SSSR count). The summed E-state index contributed by atoms with van der Waals surface area (Å²) in [4.78, 5) is 33.5. The maximum atomic E-state index is 13.8. The summed E-state index contributed by atoms with van der Waals surface area (Å²) < 4.78 is 13.8. The number of hydrogen-bond donors (Lipinski definition) is 2. The van der Waals surface area contributed by atoms with Crippen LogP contribution in [0.2, 0.25) is 0 Å². The predicted molar refractivity (Wildman–Crippen MR) is 69.8 cm³/mol. The fourth-order valence-corrected chi connectivity index (χ4v) is 1.87. The third-order valence-electron chi connectivity index (χ3n) is 3.01. The minimum absolute atomic E-state index is 0.00607. The second-order valence-corrected chi connectivity index (χ2v) is 4.47. The number of amides is 2. The molecule has 3 N–H and O–H groups in total. The summed E-state index contributed by atoms with van der Waals surface area (Å²) in [5, 5.41) is 13.5. The highest BCUT2D eigenvalue weighted by molar-refractivity contribution is 6.36. The van der Waals surface area contributed by atoms with Gasteiger partial charge in [0.1, 0.15) is 11.5 Å². The molecule has 1 heterocycles. The Hall–Kier alpha value is -2.77. The number of hydrazone groups is 1. The molecule has 1 aromatic rings. The van der Waals surface area contributed by atoms with Gasteiger partial charge in [-0.05, 0) is 12.1 Å². The van der Waals surface area contributed by atoms with Crippen molar-refractivity contribution in [2.45, 2.75) is 19.4 Å². The Balaban J connectivity index is 2.24. The number of benzene rings is 1. The molecule has 0 spiro atoms. The topological polar surface area (TPSA) is 113 Å². The summed E-state index contributed by atoms with van der Waals surface area (Å²) >= 11 is 0. The van der Waals surface area contributed by atoms with Crippen molar-refractivity contribution in [2.24, 2.45) is 10.8 Å². The maximum absolute atomic E-state index is 13.8. The Morgan fingerprint density at radius 2 is 2.10 bits per heavy atom. The summed E-state index contributed by atoms with van der Waals surface area (Å²) in [6.45, 7) is -0.208. The van der Waals surface area contributed by atoms with E-state index in [1.807, 2.05) is 0 Å². The zero-order valence-electron chi connectivity index (χ0n) is 10.9. The van der Waals surface area contributed by atoms with Crippen LogP contribution < -0.4 is 5.73 Å². The van der Waals surface area contributed by atoms with Crippen molar-refractivity contribution in [1.29, 1.82) is 0 Å². The molecule has 21 heavy (non-hydrogen) atoms. The minimum Gasteiger partial charge on any atom is -0.477 e. The molecule has 0 saturated heterocycles. The molecular weight excluding hydrogens is 281 g/mol. The molecule has 1 aliphatic heterocycles. The highest BCUT2D eigenvalue weighted by Gasteiger charge is 2.24. The van der Waals surface area contributed by atoms with Crippen molar-refractivity contribution >= 4 is 23.5 Å². The molecule has 8 heteroatoms. The minimum atomic E-state index is -1.21. The largest absolute Gasteiger partial charge is 0.477 e. The standard InChI is InChI=1S/C13H12FN3O4/c14-9-5-7(12(15)19)1-2-8(9)6-17-11(18)4-3-10(16-17)13(20)21/h1-2,5H,3-4,6H2,(H2,15,19)(H,20,21).